The van der Waals surface area contributed by atoms with E-state index in [1.165, 1.54) is 11.9 Å². The van der Waals surface area contributed by atoms with Gasteiger partial charge in [-0.15, -0.1) is 11.3 Å². The first-order chi connectivity index (χ1) is 18.9. The number of aryl methyl sites for hydroxylation is 2. The van der Waals surface area contributed by atoms with Crippen molar-refractivity contribution in [1.29, 1.82) is 5.26 Å². The molecule has 40 heavy (non-hydrogen) atoms. The molecule has 0 bridgehead atoms. The van der Waals surface area contributed by atoms with E-state index < -0.39 is 19.7 Å². The summed E-state index contributed by atoms with van der Waals surface area (Å²) in [6.45, 7) is 8.75. The monoisotopic (exact) mass is 588 g/mol. The van der Waals surface area contributed by atoms with E-state index in [2.05, 4.69) is 45.3 Å². The van der Waals surface area contributed by atoms with Crippen molar-refractivity contribution in [1.82, 2.24) is 19.4 Å². The van der Waals surface area contributed by atoms with Gasteiger partial charge in [-0.1, -0.05) is 6.07 Å². The van der Waals surface area contributed by atoms with Crippen molar-refractivity contribution in [2.75, 3.05) is 37.9 Å². The second-order valence-electron chi connectivity index (χ2n) is 11.0. The minimum absolute atomic E-state index is 0.171. The molecule has 0 atom stereocenters. The molecule has 0 spiro atoms. The predicted molar refractivity (Wildman–Crippen MR) is 155 cm³/mol. The summed E-state index contributed by atoms with van der Waals surface area (Å²) in [5.41, 5.74) is 3.95. The van der Waals surface area contributed by atoms with Gasteiger partial charge in [0.15, 0.2) is 0 Å². The van der Waals surface area contributed by atoms with Gasteiger partial charge >= 0.3 is 6.18 Å². The highest BCUT2D eigenvalue weighted by Gasteiger charge is 2.29. The molecule has 0 aliphatic carbocycles. The number of alkyl halides is 3. The van der Waals surface area contributed by atoms with E-state index in [9.17, 15) is 23.0 Å². The van der Waals surface area contributed by atoms with Crippen LogP contribution in [0.1, 0.15) is 34.5 Å². The molecule has 212 valence electrons. The highest BCUT2D eigenvalue weighted by molar-refractivity contribution is 7.62. The zero-order valence-electron chi connectivity index (χ0n) is 22.8. The third-order valence-electron chi connectivity index (χ3n) is 7.52. The first kappa shape index (κ1) is 28.6. The number of nitrogens with zero attached hydrogens (tertiary/aromatic N) is 5. The van der Waals surface area contributed by atoms with Crippen LogP contribution in [0.2, 0.25) is 0 Å². The predicted octanol–water partition coefficient (Wildman–Crippen LogP) is 6.63. The zero-order valence-corrected chi connectivity index (χ0v) is 24.5. The van der Waals surface area contributed by atoms with E-state index >= 15 is 0 Å². The second-order valence-corrected chi connectivity index (χ2v) is 15.7. The molecule has 12 heteroatoms. The Morgan fingerprint density at radius 3 is 2.60 bits per heavy atom. The molecule has 1 aliphatic rings. The van der Waals surface area contributed by atoms with E-state index in [0.717, 1.165) is 60.3 Å². The lowest BCUT2D eigenvalue weighted by Gasteiger charge is -2.33. The topological polar surface area (TPSA) is 86.8 Å². The van der Waals surface area contributed by atoms with Crippen molar-refractivity contribution < 1.29 is 17.7 Å². The van der Waals surface area contributed by atoms with E-state index in [4.69, 9.17) is 0 Å². The van der Waals surface area contributed by atoms with Gasteiger partial charge in [-0.25, -0.2) is 9.97 Å². The molecule has 1 aromatic carbocycles. The molecule has 1 saturated heterocycles. The molecular weight excluding hydrogens is 556 g/mol. The van der Waals surface area contributed by atoms with E-state index in [1.807, 2.05) is 10.6 Å². The average molecular weight is 589 g/mol. The maximum atomic E-state index is 12.9. The van der Waals surface area contributed by atoms with E-state index in [-0.39, 0.29) is 10.9 Å². The summed E-state index contributed by atoms with van der Waals surface area (Å²) in [5, 5.41) is 14.8. The molecule has 1 fully saturated rings. The SMILES string of the molecule is Cc1c(CN2CCC(Nc3ncnc4sc(CC(F)(F)F)cc34)CC2)ccc2c1cc(C#N)n2CCP(C)(C)=O. The molecule has 0 unspecified atom stereocenters. The molecule has 7 nitrogen and oxygen atoms in total. The van der Waals surface area contributed by atoms with Crippen LogP contribution in [0.5, 0.6) is 0 Å². The first-order valence-electron chi connectivity index (χ1n) is 13.2. The lowest BCUT2D eigenvalue weighted by molar-refractivity contribution is -0.126. The highest BCUT2D eigenvalue weighted by atomic mass is 32.1. The molecule has 4 aromatic rings. The highest BCUT2D eigenvalue weighted by Crippen LogP contribution is 2.37. The number of thiophene rings is 1. The minimum Gasteiger partial charge on any atom is -0.367 e. The Balaban J connectivity index is 1.24. The van der Waals surface area contributed by atoms with Crippen LogP contribution < -0.4 is 5.32 Å². The number of nitrogens with one attached hydrogen (secondary N) is 1. The maximum Gasteiger partial charge on any atom is 0.393 e. The second kappa shape index (κ2) is 11.2. The van der Waals surface area contributed by atoms with Crippen LogP contribution in [0.3, 0.4) is 0 Å². The Bertz CT molecular complexity index is 1620. The number of hydrogen-bond donors (Lipinski definition) is 1. The van der Waals surface area contributed by atoms with Gasteiger partial charge in [0.25, 0.3) is 0 Å². The van der Waals surface area contributed by atoms with Crippen LogP contribution in [0.25, 0.3) is 21.1 Å². The maximum absolute atomic E-state index is 12.9. The summed E-state index contributed by atoms with van der Waals surface area (Å²) < 4.78 is 52.9. The van der Waals surface area contributed by atoms with E-state index in [1.54, 1.807) is 19.4 Å². The Hall–Kier alpha value is -2.93. The summed E-state index contributed by atoms with van der Waals surface area (Å²) in [5.74, 6) is 0.592. The van der Waals surface area contributed by atoms with Gasteiger partial charge < -0.3 is 14.4 Å². The van der Waals surface area contributed by atoms with Crippen LogP contribution >= 0.6 is 18.5 Å². The van der Waals surface area contributed by atoms with Gasteiger partial charge in [0, 0.05) is 54.2 Å². The van der Waals surface area contributed by atoms with Crippen molar-refractivity contribution in [2.24, 2.45) is 0 Å². The summed E-state index contributed by atoms with van der Waals surface area (Å²) in [4.78, 5) is 11.7. The van der Waals surface area contributed by atoms with Crippen molar-refractivity contribution in [3.05, 3.63) is 52.3 Å². The van der Waals surface area contributed by atoms with Crippen LogP contribution in [0.15, 0.2) is 30.6 Å². The first-order valence-corrected chi connectivity index (χ1v) is 16.9. The molecular formula is C28H32F3N6OPS. The number of piperidine rings is 1. The number of aromatic nitrogens is 3. The minimum atomic E-state index is -4.25. The van der Waals surface area contributed by atoms with Crippen molar-refractivity contribution in [3.8, 4) is 6.07 Å². The Kier molecular flexibility index (Phi) is 7.97. The van der Waals surface area contributed by atoms with Gasteiger partial charge in [0.2, 0.25) is 0 Å². The summed E-state index contributed by atoms with van der Waals surface area (Å²) in [7, 11) is -2.20. The van der Waals surface area contributed by atoms with Gasteiger partial charge in [-0.3, -0.25) is 4.90 Å². The quantitative estimate of drug-likeness (QED) is 0.233. The van der Waals surface area contributed by atoms with Gasteiger partial charge in [0.1, 0.15) is 28.7 Å². The Labute approximate surface area is 235 Å². The molecule has 1 aliphatic heterocycles. The molecule has 0 radical (unpaired) electrons. The van der Waals surface area contributed by atoms with Crippen LogP contribution in [-0.4, -0.2) is 64.2 Å². The number of anilines is 1. The number of nitriles is 1. The number of likely N-dealkylation sites (tertiary alicyclic amines) is 1. The summed E-state index contributed by atoms with van der Waals surface area (Å²) in [6, 6.07) is 10.2. The van der Waals surface area contributed by atoms with Gasteiger partial charge in [-0.2, -0.15) is 18.4 Å². The molecule has 0 amide bonds. The fourth-order valence-corrected chi connectivity index (χ4v) is 7.05. The van der Waals surface area contributed by atoms with Crippen LogP contribution in [0.4, 0.5) is 19.0 Å². The summed E-state index contributed by atoms with van der Waals surface area (Å²) in [6.07, 6.45) is -1.49. The largest absolute Gasteiger partial charge is 0.393 e. The van der Waals surface area contributed by atoms with Crippen LogP contribution in [0, 0.1) is 18.3 Å². The standard InChI is InChI=1S/C28H32F3N6OPS/c1-18-19(4-5-25-23(18)12-21(15-32)37(25)10-11-39(2,3)38)16-36-8-6-20(7-9-36)35-26-24-13-22(14-28(29,30)31)40-27(24)34-17-33-26/h4-5,12-13,17,20H,6-11,14,16H2,1-3H3,(H,33,34,35). The van der Waals surface area contributed by atoms with Crippen molar-refractivity contribution in [2.45, 2.75) is 51.5 Å². The van der Waals surface area contributed by atoms with Crippen molar-refractivity contribution in [3.63, 3.8) is 0 Å². The fourth-order valence-electron chi connectivity index (χ4n) is 5.34. The van der Waals surface area contributed by atoms with Crippen molar-refractivity contribution >= 4 is 45.4 Å². The van der Waals surface area contributed by atoms with Gasteiger partial charge in [0.05, 0.1) is 18.9 Å². The zero-order chi connectivity index (χ0) is 28.7. The number of benzene rings is 1. The lowest BCUT2D eigenvalue weighted by Crippen LogP contribution is -2.39. The molecule has 0 saturated carbocycles. The van der Waals surface area contributed by atoms with Gasteiger partial charge in [-0.05, 0) is 62.4 Å². The normalized spacial score (nSPS) is 15.6. The number of halogens is 3. The lowest BCUT2D eigenvalue weighted by atomic mass is 10.0. The molecule has 5 rings (SSSR count). The number of hydrogen-bond acceptors (Lipinski definition) is 7. The van der Waals surface area contributed by atoms with E-state index in [0.29, 0.717) is 34.4 Å². The third kappa shape index (κ3) is 6.51. The number of rotatable bonds is 8. The molecule has 3 aromatic heterocycles. The summed E-state index contributed by atoms with van der Waals surface area (Å²) >= 11 is 1.06. The average Bonchev–Trinajstić information content (AvgIpc) is 3.45. The Morgan fingerprint density at radius 1 is 1.18 bits per heavy atom. The molecule has 4 heterocycles. The Morgan fingerprint density at radius 2 is 1.93 bits per heavy atom. The fraction of sp³-hybridized carbons (Fsp3) is 0.464. The third-order valence-corrected chi connectivity index (χ3v) is 9.84. The number of fused-ring (bicyclic) bond motifs is 2. The smallest absolute Gasteiger partial charge is 0.367 e. The molecule has 1 N–H and O–H groups in total. The van der Waals surface area contributed by atoms with Crippen LogP contribution in [-0.2, 0) is 24.1 Å².